The molecule has 1 rings (SSSR count). The molecule has 0 fully saturated rings. The number of nitrogens with one attached hydrogen (secondary N) is 1. The van der Waals surface area contributed by atoms with Crippen LogP contribution >= 0.6 is 15.9 Å². The van der Waals surface area contributed by atoms with Gasteiger partial charge in [0, 0.05) is 11.8 Å². The number of rotatable bonds is 9. The van der Waals surface area contributed by atoms with Gasteiger partial charge >= 0.3 is 0 Å². The van der Waals surface area contributed by atoms with Gasteiger partial charge in [-0.2, -0.15) is 0 Å². The number of halogens is 1. The fraction of sp³-hybridized carbons (Fsp3) is 0.562. The third-order valence-electron chi connectivity index (χ3n) is 2.78. The van der Waals surface area contributed by atoms with E-state index in [-0.39, 0.29) is 10.7 Å². The normalized spacial score (nSPS) is 11.8. The standard InChI is InChI=1S/C16H24BrNO3/c1-4-9-20-14-8-7-12(11-15(14)21-10-5-2)18-16(19)13(17)6-3/h7-8,11,13H,4-6,9-10H2,1-3H3,(H,18,19). The van der Waals surface area contributed by atoms with Gasteiger partial charge in [0.2, 0.25) is 5.91 Å². The summed E-state index contributed by atoms with van der Waals surface area (Å²) in [5, 5.41) is 2.87. The van der Waals surface area contributed by atoms with Crippen LogP contribution in [0.25, 0.3) is 0 Å². The summed E-state index contributed by atoms with van der Waals surface area (Å²) in [6.07, 6.45) is 2.60. The number of carbonyl (C=O) groups is 1. The van der Waals surface area contributed by atoms with Crippen molar-refractivity contribution in [2.24, 2.45) is 0 Å². The van der Waals surface area contributed by atoms with E-state index in [1.165, 1.54) is 0 Å². The van der Waals surface area contributed by atoms with Crippen molar-refractivity contribution in [3.63, 3.8) is 0 Å². The lowest BCUT2D eigenvalue weighted by Gasteiger charge is -2.15. The molecule has 1 atom stereocenters. The van der Waals surface area contributed by atoms with Crippen LogP contribution in [0, 0.1) is 0 Å². The third kappa shape index (κ3) is 5.96. The molecule has 4 nitrogen and oxygen atoms in total. The summed E-state index contributed by atoms with van der Waals surface area (Å²) in [4.78, 5) is 11.7. The first-order valence-electron chi connectivity index (χ1n) is 7.46. The highest BCUT2D eigenvalue weighted by molar-refractivity contribution is 9.10. The number of alkyl halides is 1. The molecule has 0 saturated carbocycles. The molecule has 0 spiro atoms. The molecule has 21 heavy (non-hydrogen) atoms. The van der Waals surface area contributed by atoms with Gasteiger partial charge in [-0.3, -0.25) is 4.79 Å². The average molecular weight is 358 g/mol. The molecule has 118 valence electrons. The zero-order chi connectivity index (χ0) is 15.7. The Balaban J connectivity index is 2.84. The highest BCUT2D eigenvalue weighted by Gasteiger charge is 2.14. The maximum Gasteiger partial charge on any atom is 0.238 e. The van der Waals surface area contributed by atoms with Gasteiger partial charge in [0.1, 0.15) is 0 Å². The Bertz CT molecular complexity index is 451. The van der Waals surface area contributed by atoms with Crippen molar-refractivity contribution >= 4 is 27.5 Å². The average Bonchev–Trinajstić information content (AvgIpc) is 2.50. The van der Waals surface area contributed by atoms with Crippen LogP contribution < -0.4 is 14.8 Å². The molecule has 0 aliphatic rings. The topological polar surface area (TPSA) is 47.6 Å². The van der Waals surface area contributed by atoms with E-state index >= 15 is 0 Å². The van der Waals surface area contributed by atoms with Crippen molar-refractivity contribution in [3.05, 3.63) is 18.2 Å². The first-order chi connectivity index (χ1) is 10.1. The van der Waals surface area contributed by atoms with Crippen molar-refractivity contribution in [1.82, 2.24) is 0 Å². The van der Waals surface area contributed by atoms with Crippen molar-refractivity contribution in [3.8, 4) is 11.5 Å². The highest BCUT2D eigenvalue weighted by atomic mass is 79.9. The number of ether oxygens (including phenoxy) is 2. The molecule has 1 N–H and O–H groups in total. The van der Waals surface area contributed by atoms with Gasteiger partial charge in [-0.05, 0) is 31.4 Å². The van der Waals surface area contributed by atoms with E-state index in [0.29, 0.717) is 30.4 Å². The fourth-order valence-electron chi connectivity index (χ4n) is 1.65. The summed E-state index contributed by atoms with van der Waals surface area (Å²) < 4.78 is 11.4. The lowest BCUT2D eigenvalue weighted by Crippen LogP contribution is -2.22. The summed E-state index contributed by atoms with van der Waals surface area (Å²) in [7, 11) is 0. The minimum absolute atomic E-state index is 0.0545. The maximum atomic E-state index is 11.9. The van der Waals surface area contributed by atoms with Crippen LogP contribution in [-0.4, -0.2) is 23.9 Å². The number of hydrogen-bond donors (Lipinski definition) is 1. The first-order valence-corrected chi connectivity index (χ1v) is 8.38. The van der Waals surface area contributed by atoms with E-state index in [1.807, 2.05) is 25.1 Å². The van der Waals surface area contributed by atoms with Gasteiger partial charge in [0.05, 0.1) is 18.0 Å². The van der Waals surface area contributed by atoms with Crippen molar-refractivity contribution < 1.29 is 14.3 Å². The number of hydrogen-bond acceptors (Lipinski definition) is 3. The number of benzene rings is 1. The molecular formula is C16H24BrNO3. The Morgan fingerprint density at radius 1 is 1.14 bits per heavy atom. The lowest BCUT2D eigenvalue weighted by atomic mass is 10.2. The summed E-state index contributed by atoms with van der Waals surface area (Å²) in [5.74, 6) is 1.33. The van der Waals surface area contributed by atoms with Crippen LogP contribution in [0.5, 0.6) is 11.5 Å². The van der Waals surface area contributed by atoms with Crippen molar-refractivity contribution in [1.29, 1.82) is 0 Å². The van der Waals surface area contributed by atoms with Crippen molar-refractivity contribution in [2.75, 3.05) is 18.5 Å². The van der Waals surface area contributed by atoms with Crippen LogP contribution in [-0.2, 0) is 4.79 Å². The molecular weight excluding hydrogens is 334 g/mol. The monoisotopic (exact) mass is 357 g/mol. The van der Waals surface area contributed by atoms with Crippen LogP contribution in [0.1, 0.15) is 40.0 Å². The maximum absolute atomic E-state index is 11.9. The SMILES string of the molecule is CCCOc1ccc(NC(=O)C(Br)CC)cc1OCCC. The van der Waals surface area contributed by atoms with Crippen LogP contribution in [0.15, 0.2) is 18.2 Å². The van der Waals surface area contributed by atoms with E-state index in [9.17, 15) is 4.79 Å². The summed E-state index contributed by atoms with van der Waals surface area (Å²) in [6, 6.07) is 5.48. The fourth-order valence-corrected chi connectivity index (χ4v) is 1.76. The summed E-state index contributed by atoms with van der Waals surface area (Å²) >= 11 is 3.34. The number of amides is 1. The molecule has 1 aromatic rings. The second kappa shape index (κ2) is 9.66. The van der Waals surface area contributed by atoms with Crippen molar-refractivity contribution in [2.45, 2.75) is 44.9 Å². The molecule has 0 radical (unpaired) electrons. The van der Waals surface area contributed by atoms with Gasteiger partial charge in [0.15, 0.2) is 11.5 Å². The van der Waals surface area contributed by atoms with E-state index in [2.05, 4.69) is 35.1 Å². The predicted octanol–water partition coefficient (Wildman–Crippen LogP) is 4.38. The molecule has 1 aromatic carbocycles. The molecule has 0 heterocycles. The Kier molecular flexibility index (Phi) is 8.20. The van der Waals surface area contributed by atoms with E-state index in [1.54, 1.807) is 0 Å². The van der Waals surface area contributed by atoms with Crippen LogP contribution in [0.4, 0.5) is 5.69 Å². The molecule has 0 aliphatic carbocycles. The molecule has 5 heteroatoms. The number of anilines is 1. The molecule has 0 aromatic heterocycles. The van der Waals surface area contributed by atoms with E-state index in [4.69, 9.17) is 9.47 Å². The Hall–Kier alpha value is -1.23. The molecule has 0 aliphatic heterocycles. The van der Waals surface area contributed by atoms with E-state index < -0.39 is 0 Å². The first kappa shape index (κ1) is 17.8. The van der Waals surface area contributed by atoms with Gasteiger partial charge in [-0.25, -0.2) is 0 Å². The van der Waals surface area contributed by atoms with Crippen LogP contribution in [0.2, 0.25) is 0 Å². The quantitative estimate of drug-likeness (QED) is 0.667. The van der Waals surface area contributed by atoms with Crippen LogP contribution in [0.3, 0.4) is 0 Å². The largest absolute Gasteiger partial charge is 0.490 e. The van der Waals surface area contributed by atoms with E-state index in [0.717, 1.165) is 19.3 Å². The molecule has 0 bridgehead atoms. The lowest BCUT2D eigenvalue weighted by molar-refractivity contribution is -0.115. The second-order valence-electron chi connectivity index (χ2n) is 4.72. The summed E-state index contributed by atoms with van der Waals surface area (Å²) in [6.45, 7) is 7.33. The van der Waals surface area contributed by atoms with Gasteiger partial charge in [-0.1, -0.05) is 36.7 Å². The smallest absolute Gasteiger partial charge is 0.238 e. The molecule has 1 amide bonds. The summed E-state index contributed by atoms with van der Waals surface area (Å²) in [5.41, 5.74) is 0.716. The third-order valence-corrected chi connectivity index (χ3v) is 3.84. The minimum atomic E-state index is -0.187. The minimum Gasteiger partial charge on any atom is -0.490 e. The zero-order valence-electron chi connectivity index (χ0n) is 12.9. The Labute approximate surface area is 135 Å². The van der Waals surface area contributed by atoms with Gasteiger partial charge in [0.25, 0.3) is 0 Å². The molecule has 0 saturated heterocycles. The second-order valence-corrected chi connectivity index (χ2v) is 5.83. The van der Waals surface area contributed by atoms with Gasteiger partial charge < -0.3 is 14.8 Å². The number of carbonyl (C=O) groups excluding carboxylic acids is 1. The Morgan fingerprint density at radius 3 is 2.33 bits per heavy atom. The highest BCUT2D eigenvalue weighted by Crippen LogP contribution is 2.31. The molecule has 1 unspecified atom stereocenters. The van der Waals surface area contributed by atoms with Gasteiger partial charge in [-0.15, -0.1) is 0 Å². The Morgan fingerprint density at radius 2 is 1.76 bits per heavy atom. The zero-order valence-corrected chi connectivity index (χ0v) is 14.5. The predicted molar refractivity (Wildman–Crippen MR) is 89.6 cm³/mol.